The second-order valence-corrected chi connectivity index (χ2v) is 4.44. The van der Waals surface area contributed by atoms with Crippen molar-refractivity contribution in [3.63, 3.8) is 0 Å². The van der Waals surface area contributed by atoms with E-state index in [1.165, 1.54) is 0 Å². The van der Waals surface area contributed by atoms with Crippen LogP contribution in [-0.2, 0) is 6.54 Å². The van der Waals surface area contributed by atoms with E-state index in [0.717, 1.165) is 10.6 Å². The van der Waals surface area contributed by atoms with E-state index in [1.54, 1.807) is 7.11 Å². The zero-order valence-corrected chi connectivity index (χ0v) is 11.4. The van der Waals surface area contributed by atoms with Crippen molar-refractivity contribution in [3.05, 3.63) is 65.7 Å². The minimum atomic E-state index is 0.345. The highest BCUT2D eigenvalue weighted by atomic mass is 32.1. The Hall–Kier alpha value is -1.91. The van der Waals surface area contributed by atoms with Crippen LogP contribution in [0.5, 0.6) is 5.75 Å². The summed E-state index contributed by atoms with van der Waals surface area (Å²) in [6, 6.07) is 17.0. The van der Waals surface area contributed by atoms with Crippen LogP contribution in [0.1, 0.15) is 11.1 Å². The summed E-state index contributed by atoms with van der Waals surface area (Å²) in [6.45, 7) is 0.345. The van der Waals surface area contributed by atoms with Crippen molar-refractivity contribution in [2.24, 2.45) is 0 Å². The highest BCUT2D eigenvalue weighted by Crippen LogP contribution is 2.20. The number of hydrogen-bond donors (Lipinski definition) is 1. The zero-order valence-electron chi connectivity index (χ0n) is 10.6. The van der Waals surface area contributed by atoms with Crippen LogP contribution < -0.4 is 4.74 Å². The summed E-state index contributed by atoms with van der Waals surface area (Å²) in [6.07, 6.45) is 0. The van der Waals surface area contributed by atoms with Gasteiger partial charge in [0.05, 0.1) is 19.2 Å². The Balaban J connectivity index is 2.15. The Morgan fingerprint density at radius 2 is 1.74 bits per heavy atom. The van der Waals surface area contributed by atoms with Gasteiger partial charge in [-0.1, -0.05) is 54.7 Å². The smallest absolute Gasteiger partial charge is 0.137 e. The second kappa shape index (κ2) is 6.31. The summed E-state index contributed by atoms with van der Waals surface area (Å²) in [5.41, 5.74) is 1.70. The third kappa shape index (κ3) is 3.30. The average Bonchev–Trinajstić information content (AvgIpc) is 2.47. The fourth-order valence-electron chi connectivity index (χ4n) is 1.79. The van der Waals surface area contributed by atoms with E-state index in [2.05, 4.69) is 0 Å². The molecule has 1 N–H and O–H groups in total. The first-order chi connectivity index (χ1) is 9.22. The fraction of sp³-hybridized carbons (Fsp3) is 0.133. The minimum Gasteiger partial charge on any atom is -0.496 e. The molecule has 0 heterocycles. The van der Waals surface area contributed by atoms with Gasteiger partial charge in [0.2, 0.25) is 0 Å². The Kier molecular flexibility index (Phi) is 4.49. The van der Waals surface area contributed by atoms with Gasteiger partial charge in [-0.2, -0.15) is 0 Å². The Bertz CT molecular complexity index is 557. The SMILES string of the molecule is COc1ccccc1C(=S)N(O)Cc1ccccc1. The lowest BCUT2D eigenvalue weighted by atomic mass is 10.2. The molecule has 19 heavy (non-hydrogen) atoms. The van der Waals surface area contributed by atoms with Gasteiger partial charge in [-0.25, -0.2) is 5.06 Å². The number of thiocarbonyl (C=S) groups is 1. The molecule has 3 nitrogen and oxygen atoms in total. The van der Waals surface area contributed by atoms with Crippen molar-refractivity contribution in [1.29, 1.82) is 0 Å². The monoisotopic (exact) mass is 273 g/mol. The molecule has 2 aromatic carbocycles. The largest absolute Gasteiger partial charge is 0.496 e. The van der Waals surface area contributed by atoms with Gasteiger partial charge in [0, 0.05) is 0 Å². The van der Waals surface area contributed by atoms with Gasteiger partial charge in [-0.3, -0.25) is 5.21 Å². The van der Waals surface area contributed by atoms with Crippen molar-refractivity contribution in [2.75, 3.05) is 7.11 Å². The molecule has 0 aromatic heterocycles. The molecular weight excluding hydrogens is 258 g/mol. The van der Waals surface area contributed by atoms with Gasteiger partial charge < -0.3 is 4.74 Å². The molecule has 0 unspecified atom stereocenters. The highest BCUT2D eigenvalue weighted by Gasteiger charge is 2.13. The molecule has 0 radical (unpaired) electrons. The summed E-state index contributed by atoms with van der Waals surface area (Å²) in [5, 5.41) is 11.1. The van der Waals surface area contributed by atoms with E-state index in [-0.39, 0.29) is 0 Å². The average molecular weight is 273 g/mol. The first-order valence-electron chi connectivity index (χ1n) is 5.90. The minimum absolute atomic E-state index is 0.345. The molecule has 0 saturated carbocycles. The molecule has 2 rings (SSSR count). The maximum absolute atomic E-state index is 10.1. The molecule has 0 fully saturated rings. The first-order valence-corrected chi connectivity index (χ1v) is 6.31. The van der Waals surface area contributed by atoms with Gasteiger partial charge in [-0.05, 0) is 17.7 Å². The van der Waals surface area contributed by atoms with Crippen LogP contribution in [0.3, 0.4) is 0 Å². The number of nitrogens with zero attached hydrogens (tertiary/aromatic N) is 1. The molecule has 0 aliphatic carbocycles. The van der Waals surface area contributed by atoms with Gasteiger partial charge in [0.1, 0.15) is 10.7 Å². The van der Waals surface area contributed by atoms with Gasteiger partial charge in [0.25, 0.3) is 0 Å². The Morgan fingerprint density at radius 1 is 1.11 bits per heavy atom. The number of hydrogen-bond acceptors (Lipinski definition) is 3. The molecule has 98 valence electrons. The predicted molar refractivity (Wildman–Crippen MR) is 78.5 cm³/mol. The Morgan fingerprint density at radius 3 is 2.42 bits per heavy atom. The second-order valence-electron chi connectivity index (χ2n) is 4.05. The molecule has 4 heteroatoms. The highest BCUT2D eigenvalue weighted by molar-refractivity contribution is 7.80. The van der Waals surface area contributed by atoms with E-state index in [4.69, 9.17) is 17.0 Å². The third-order valence-corrected chi connectivity index (χ3v) is 3.18. The molecule has 2 aromatic rings. The van der Waals surface area contributed by atoms with E-state index in [0.29, 0.717) is 22.8 Å². The van der Waals surface area contributed by atoms with Crippen molar-refractivity contribution in [1.82, 2.24) is 5.06 Å². The lowest BCUT2D eigenvalue weighted by molar-refractivity contribution is -0.0191. The van der Waals surface area contributed by atoms with Gasteiger partial charge in [-0.15, -0.1) is 0 Å². The molecule has 0 aliphatic heterocycles. The maximum atomic E-state index is 10.1. The molecule has 0 atom stereocenters. The van der Waals surface area contributed by atoms with Crippen LogP contribution in [0.15, 0.2) is 54.6 Å². The van der Waals surface area contributed by atoms with Crippen LogP contribution in [-0.4, -0.2) is 22.4 Å². The number of ether oxygens (including phenoxy) is 1. The number of rotatable bonds is 4. The molecule has 0 amide bonds. The quantitative estimate of drug-likeness (QED) is 0.684. The summed E-state index contributed by atoms with van der Waals surface area (Å²) in [4.78, 5) is 0.348. The molecule has 0 bridgehead atoms. The Labute approximate surface area is 118 Å². The van der Waals surface area contributed by atoms with Crippen molar-refractivity contribution >= 4 is 17.2 Å². The fourth-order valence-corrected chi connectivity index (χ4v) is 2.02. The van der Waals surface area contributed by atoms with E-state index in [1.807, 2.05) is 54.6 Å². The number of benzene rings is 2. The topological polar surface area (TPSA) is 32.7 Å². The summed E-state index contributed by atoms with van der Waals surface area (Å²) in [5.74, 6) is 0.652. The standard InChI is InChI=1S/C15H15NO2S/c1-18-14-10-6-5-9-13(14)15(19)16(17)11-12-7-3-2-4-8-12/h2-10,17H,11H2,1H3. The molecule has 0 aliphatic rings. The van der Waals surface area contributed by atoms with Crippen LogP contribution in [0.25, 0.3) is 0 Å². The lowest BCUT2D eigenvalue weighted by Crippen LogP contribution is -2.26. The van der Waals surface area contributed by atoms with Crippen LogP contribution >= 0.6 is 12.2 Å². The van der Waals surface area contributed by atoms with E-state index in [9.17, 15) is 5.21 Å². The third-order valence-electron chi connectivity index (χ3n) is 2.75. The summed E-state index contributed by atoms with van der Waals surface area (Å²) < 4.78 is 5.24. The summed E-state index contributed by atoms with van der Waals surface area (Å²) in [7, 11) is 1.58. The van der Waals surface area contributed by atoms with Crippen LogP contribution in [0.4, 0.5) is 0 Å². The zero-order chi connectivity index (χ0) is 13.7. The lowest BCUT2D eigenvalue weighted by Gasteiger charge is -2.19. The van der Waals surface area contributed by atoms with E-state index >= 15 is 0 Å². The van der Waals surface area contributed by atoms with Gasteiger partial charge >= 0.3 is 0 Å². The van der Waals surface area contributed by atoms with Crippen molar-refractivity contribution in [2.45, 2.75) is 6.54 Å². The van der Waals surface area contributed by atoms with E-state index < -0.39 is 0 Å². The molecular formula is C15H15NO2S. The van der Waals surface area contributed by atoms with Crippen LogP contribution in [0, 0.1) is 0 Å². The normalized spacial score (nSPS) is 10.0. The van der Waals surface area contributed by atoms with Crippen molar-refractivity contribution in [3.8, 4) is 5.75 Å². The summed E-state index contributed by atoms with van der Waals surface area (Å²) >= 11 is 5.29. The van der Waals surface area contributed by atoms with Gasteiger partial charge in [0.15, 0.2) is 0 Å². The predicted octanol–water partition coefficient (Wildman–Crippen LogP) is 3.26. The number of para-hydroxylation sites is 1. The maximum Gasteiger partial charge on any atom is 0.137 e. The first kappa shape index (κ1) is 13.5. The molecule has 0 saturated heterocycles. The molecule has 0 spiro atoms. The van der Waals surface area contributed by atoms with Crippen molar-refractivity contribution < 1.29 is 9.94 Å². The number of hydroxylamine groups is 2. The van der Waals surface area contributed by atoms with Crippen LogP contribution in [0.2, 0.25) is 0 Å². The number of methoxy groups -OCH3 is 1.